The third kappa shape index (κ3) is 3.13. The van der Waals surface area contributed by atoms with Crippen molar-refractivity contribution in [3.63, 3.8) is 0 Å². The molecule has 0 aliphatic heterocycles. The Hall–Kier alpha value is -0.920. The van der Waals surface area contributed by atoms with Crippen molar-refractivity contribution in [2.75, 3.05) is 5.75 Å². The highest BCUT2D eigenvalue weighted by Crippen LogP contribution is 2.13. The molecule has 0 radical (unpaired) electrons. The lowest BCUT2D eigenvalue weighted by molar-refractivity contribution is 0.190. The summed E-state index contributed by atoms with van der Waals surface area (Å²) in [7, 11) is -3.69. The molecule has 1 unspecified atom stereocenters. The molecule has 0 aromatic carbocycles. The maximum Gasteiger partial charge on any atom is 0.212 e. The molecule has 1 aromatic heterocycles. The highest BCUT2D eigenvalue weighted by atomic mass is 32.2. The first-order valence-corrected chi connectivity index (χ1v) is 5.22. The van der Waals surface area contributed by atoms with E-state index >= 15 is 0 Å². The molecule has 74 valence electrons. The van der Waals surface area contributed by atoms with Gasteiger partial charge in [0.05, 0.1) is 5.75 Å². The minimum atomic E-state index is -3.69. The van der Waals surface area contributed by atoms with E-state index in [4.69, 9.17) is 5.14 Å². The molecule has 0 saturated carbocycles. The molecule has 7 heteroatoms. The molecule has 0 saturated heterocycles. The van der Waals surface area contributed by atoms with Gasteiger partial charge in [-0.05, 0) is 6.92 Å². The summed E-state index contributed by atoms with van der Waals surface area (Å²) in [5.74, 6) is -0.0534. The number of hydrogen-bond donors (Lipinski definition) is 2. The number of aliphatic hydroxyl groups excluding tert-OH is 1. The first-order valence-electron chi connectivity index (χ1n) is 3.50. The maximum absolute atomic E-state index is 10.6. The van der Waals surface area contributed by atoms with Crippen LogP contribution >= 0.6 is 0 Å². The van der Waals surface area contributed by atoms with Crippen LogP contribution in [0.5, 0.6) is 0 Å². The lowest BCUT2D eigenvalue weighted by Gasteiger charge is -2.03. The molecular weight excluding hydrogens is 196 g/mol. The van der Waals surface area contributed by atoms with Gasteiger partial charge >= 0.3 is 0 Å². The number of hydrogen-bond acceptors (Lipinski definition) is 5. The molecule has 1 rings (SSSR count). The Morgan fingerprint density at radius 2 is 2.38 bits per heavy atom. The van der Waals surface area contributed by atoms with Gasteiger partial charge in [-0.15, -0.1) is 0 Å². The quantitative estimate of drug-likeness (QED) is 0.680. The normalized spacial score (nSPS) is 14.4. The van der Waals surface area contributed by atoms with Crippen molar-refractivity contribution in [2.45, 2.75) is 13.0 Å². The van der Waals surface area contributed by atoms with E-state index in [9.17, 15) is 13.5 Å². The van der Waals surface area contributed by atoms with Gasteiger partial charge in [0.1, 0.15) is 17.6 Å². The van der Waals surface area contributed by atoms with E-state index in [1.807, 2.05) is 0 Å². The molecule has 13 heavy (non-hydrogen) atoms. The van der Waals surface area contributed by atoms with E-state index in [1.165, 1.54) is 6.07 Å². The van der Waals surface area contributed by atoms with Crippen LogP contribution in [0.4, 0.5) is 0 Å². The second-order valence-electron chi connectivity index (χ2n) is 2.71. The van der Waals surface area contributed by atoms with Gasteiger partial charge in [-0.25, -0.2) is 13.6 Å². The minimum Gasteiger partial charge on any atom is -0.386 e. The predicted molar refractivity (Wildman–Crippen MR) is 44.2 cm³/mol. The summed E-state index contributed by atoms with van der Waals surface area (Å²) in [6.07, 6.45) is -1.23. The summed E-state index contributed by atoms with van der Waals surface area (Å²) in [5, 5.41) is 17.5. The van der Waals surface area contributed by atoms with E-state index in [2.05, 4.69) is 9.68 Å². The van der Waals surface area contributed by atoms with Crippen molar-refractivity contribution in [1.82, 2.24) is 5.16 Å². The minimum absolute atomic E-state index is 0.173. The van der Waals surface area contributed by atoms with Crippen molar-refractivity contribution < 1.29 is 18.0 Å². The van der Waals surface area contributed by atoms with Crippen molar-refractivity contribution in [2.24, 2.45) is 5.14 Å². The molecule has 1 heterocycles. The number of aliphatic hydroxyl groups is 1. The smallest absolute Gasteiger partial charge is 0.212 e. The lowest BCUT2D eigenvalue weighted by Crippen LogP contribution is -2.21. The number of nitrogens with zero attached hydrogens (tertiary/aromatic N) is 1. The fourth-order valence-corrected chi connectivity index (χ4v) is 1.46. The molecule has 0 amide bonds. The number of primary sulfonamides is 1. The largest absolute Gasteiger partial charge is 0.386 e. The highest BCUT2D eigenvalue weighted by molar-refractivity contribution is 7.89. The summed E-state index contributed by atoms with van der Waals surface area (Å²) in [5.41, 5.74) is 0.173. The van der Waals surface area contributed by atoms with E-state index in [0.717, 1.165) is 0 Å². The first kappa shape index (κ1) is 10.2. The number of nitrogens with two attached hydrogens (primary N) is 1. The Morgan fingerprint density at radius 3 is 2.77 bits per heavy atom. The average molecular weight is 206 g/mol. The molecule has 0 aliphatic rings. The van der Waals surface area contributed by atoms with Crippen molar-refractivity contribution in [3.8, 4) is 0 Å². The molecule has 3 N–H and O–H groups in total. The summed E-state index contributed by atoms with van der Waals surface area (Å²) >= 11 is 0. The van der Waals surface area contributed by atoms with Gasteiger partial charge in [0, 0.05) is 6.07 Å². The van der Waals surface area contributed by atoms with Gasteiger partial charge in [0.2, 0.25) is 10.0 Å². The van der Waals surface area contributed by atoms with Gasteiger partial charge in [-0.2, -0.15) is 0 Å². The lowest BCUT2D eigenvalue weighted by atomic mass is 10.3. The molecule has 1 atom stereocenters. The SMILES string of the molecule is Cc1cc(C(O)CS(N)(=O)=O)no1. The summed E-state index contributed by atoms with van der Waals surface area (Å²) < 4.78 is 25.8. The van der Waals surface area contributed by atoms with Gasteiger partial charge < -0.3 is 9.63 Å². The van der Waals surface area contributed by atoms with Crippen LogP contribution in [0.1, 0.15) is 17.6 Å². The second-order valence-corrected chi connectivity index (χ2v) is 4.37. The molecule has 1 aromatic rings. The number of sulfonamides is 1. The van der Waals surface area contributed by atoms with Crippen LogP contribution in [0.25, 0.3) is 0 Å². The van der Waals surface area contributed by atoms with E-state index in [0.29, 0.717) is 5.76 Å². The van der Waals surface area contributed by atoms with E-state index in [-0.39, 0.29) is 5.69 Å². The van der Waals surface area contributed by atoms with Crippen LogP contribution in [0.15, 0.2) is 10.6 Å². The molecule has 0 spiro atoms. The van der Waals surface area contributed by atoms with Gasteiger partial charge in [-0.1, -0.05) is 5.16 Å². The fraction of sp³-hybridized carbons (Fsp3) is 0.500. The van der Waals surface area contributed by atoms with Gasteiger partial charge in [0.15, 0.2) is 0 Å². The number of aromatic nitrogens is 1. The van der Waals surface area contributed by atoms with Crippen molar-refractivity contribution in [3.05, 3.63) is 17.5 Å². The zero-order valence-corrected chi connectivity index (χ0v) is 7.78. The Morgan fingerprint density at radius 1 is 1.77 bits per heavy atom. The number of aryl methyl sites for hydroxylation is 1. The Balaban J connectivity index is 2.75. The Labute approximate surface area is 75.4 Å². The molecule has 6 nitrogen and oxygen atoms in total. The van der Waals surface area contributed by atoms with Crippen LogP contribution in [-0.2, 0) is 10.0 Å². The highest BCUT2D eigenvalue weighted by Gasteiger charge is 2.17. The molecule has 0 fully saturated rings. The maximum atomic E-state index is 10.6. The molecule has 0 bridgehead atoms. The monoisotopic (exact) mass is 206 g/mol. The van der Waals surface area contributed by atoms with E-state index in [1.54, 1.807) is 6.92 Å². The Kier molecular flexibility index (Phi) is 2.69. The third-order valence-corrected chi connectivity index (χ3v) is 2.16. The zero-order valence-electron chi connectivity index (χ0n) is 6.97. The first-order chi connectivity index (χ1) is 5.88. The standard InChI is InChI=1S/C6H10N2O4S/c1-4-2-5(8-12-4)6(9)3-13(7,10)11/h2,6,9H,3H2,1H3,(H2,7,10,11). The van der Waals surface area contributed by atoms with Crippen LogP contribution in [-0.4, -0.2) is 24.4 Å². The summed E-state index contributed by atoms with van der Waals surface area (Å²) in [6.45, 7) is 1.64. The van der Waals surface area contributed by atoms with Gasteiger partial charge in [-0.3, -0.25) is 0 Å². The van der Waals surface area contributed by atoms with E-state index < -0.39 is 21.9 Å². The third-order valence-electron chi connectivity index (χ3n) is 1.38. The second kappa shape index (κ2) is 3.44. The van der Waals surface area contributed by atoms with Crippen LogP contribution < -0.4 is 5.14 Å². The summed E-state index contributed by atoms with van der Waals surface area (Å²) in [4.78, 5) is 0. The molecular formula is C6H10N2O4S. The average Bonchev–Trinajstić information content (AvgIpc) is 2.31. The topological polar surface area (TPSA) is 106 Å². The van der Waals surface area contributed by atoms with Crippen molar-refractivity contribution >= 4 is 10.0 Å². The number of rotatable bonds is 3. The van der Waals surface area contributed by atoms with Crippen LogP contribution in [0.2, 0.25) is 0 Å². The van der Waals surface area contributed by atoms with Crippen molar-refractivity contribution in [1.29, 1.82) is 0 Å². The van der Waals surface area contributed by atoms with Crippen LogP contribution in [0.3, 0.4) is 0 Å². The molecule has 0 aliphatic carbocycles. The van der Waals surface area contributed by atoms with Crippen LogP contribution in [0, 0.1) is 6.92 Å². The Bertz CT molecular complexity index is 383. The zero-order chi connectivity index (χ0) is 10.1. The fourth-order valence-electron chi connectivity index (χ4n) is 0.848. The predicted octanol–water partition coefficient (Wildman–Crippen LogP) is -0.695. The summed E-state index contributed by atoms with van der Waals surface area (Å²) in [6, 6.07) is 1.45. The van der Waals surface area contributed by atoms with Gasteiger partial charge in [0.25, 0.3) is 0 Å².